The van der Waals surface area contributed by atoms with E-state index in [-0.39, 0.29) is 11.9 Å². The second kappa shape index (κ2) is 4.99. The molecule has 0 unspecified atom stereocenters. The van der Waals surface area contributed by atoms with Crippen molar-refractivity contribution >= 4 is 33.0 Å². The highest BCUT2D eigenvalue weighted by Crippen LogP contribution is 2.26. The third-order valence-corrected chi connectivity index (χ3v) is 4.10. The summed E-state index contributed by atoms with van der Waals surface area (Å²) in [7, 11) is 0. The molecule has 0 saturated heterocycles. The Morgan fingerprint density at radius 2 is 2.23 bits per heavy atom. The van der Waals surface area contributed by atoms with Crippen molar-refractivity contribution in [2.45, 2.75) is 13.0 Å². The number of imidazole rings is 1. The molecule has 8 heteroatoms. The number of anilines is 1. The molecule has 0 aliphatic heterocycles. The molecule has 1 aromatic carbocycles. The lowest BCUT2D eigenvalue weighted by atomic mass is 10.2. The molecule has 0 fully saturated rings. The van der Waals surface area contributed by atoms with Crippen molar-refractivity contribution in [2.24, 2.45) is 0 Å². The molecule has 0 amide bonds. The maximum absolute atomic E-state index is 14.1. The van der Waals surface area contributed by atoms with Crippen LogP contribution >= 0.6 is 11.3 Å². The van der Waals surface area contributed by atoms with Crippen LogP contribution in [0.5, 0.6) is 0 Å². The van der Waals surface area contributed by atoms with Gasteiger partial charge in [0.25, 0.3) is 0 Å². The first-order valence-electron chi connectivity index (χ1n) is 6.67. The van der Waals surface area contributed by atoms with Gasteiger partial charge in [-0.3, -0.25) is 0 Å². The minimum Gasteiger partial charge on any atom is -0.361 e. The SMILES string of the molecule is C[C@@H](Nc1ncnc2cccc(F)c12)c1cn2ncsc2n1. The smallest absolute Gasteiger partial charge is 0.212 e. The van der Waals surface area contributed by atoms with Crippen molar-refractivity contribution in [2.75, 3.05) is 5.32 Å². The molecule has 0 bridgehead atoms. The lowest BCUT2D eigenvalue weighted by Gasteiger charge is -2.13. The molecule has 3 aromatic heterocycles. The minimum atomic E-state index is -0.347. The summed E-state index contributed by atoms with van der Waals surface area (Å²) >= 11 is 1.46. The number of halogens is 1. The molecule has 0 spiro atoms. The summed E-state index contributed by atoms with van der Waals surface area (Å²) < 4.78 is 15.8. The van der Waals surface area contributed by atoms with E-state index in [0.717, 1.165) is 10.7 Å². The number of hydrogen-bond donors (Lipinski definition) is 1. The number of nitrogens with one attached hydrogen (secondary N) is 1. The molecule has 110 valence electrons. The van der Waals surface area contributed by atoms with E-state index in [1.165, 1.54) is 23.7 Å². The normalized spacial score (nSPS) is 12.8. The predicted octanol–water partition coefficient (Wildman–Crippen LogP) is 3.05. The first-order valence-corrected chi connectivity index (χ1v) is 7.55. The summed E-state index contributed by atoms with van der Waals surface area (Å²) in [6, 6.07) is 4.66. The van der Waals surface area contributed by atoms with Crippen LogP contribution in [0.3, 0.4) is 0 Å². The first-order chi connectivity index (χ1) is 10.7. The zero-order valence-corrected chi connectivity index (χ0v) is 12.4. The first kappa shape index (κ1) is 13.1. The van der Waals surface area contributed by atoms with E-state index in [0.29, 0.717) is 16.7 Å². The van der Waals surface area contributed by atoms with Crippen LogP contribution in [0.25, 0.3) is 15.9 Å². The Morgan fingerprint density at radius 3 is 3.09 bits per heavy atom. The lowest BCUT2D eigenvalue weighted by Crippen LogP contribution is -2.09. The third-order valence-electron chi connectivity index (χ3n) is 3.41. The summed E-state index contributed by atoms with van der Waals surface area (Å²) in [5.41, 5.74) is 3.12. The Balaban J connectivity index is 1.72. The Hall–Kier alpha value is -2.61. The van der Waals surface area contributed by atoms with Gasteiger partial charge in [-0.25, -0.2) is 23.9 Å². The van der Waals surface area contributed by atoms with Gasteiger partial charge in [-0.05, 0) is 19.1 Å². The van der Waals surface area contributed by atoms with Crippen molar-refractivity contribution in [3.05, 3.63) is 47.7 Å². The van der Waals surface area contributed by atoms with Crippen LogP contribution in [0.15, 0.2) is 36.2 Å². The Kier molecular flexibility index (Phi) is 2.97. The van der Waals surface area contributed by atoms with Crippen molar-refractivity contribution in [1.82, 2.24) is 24.6 Å². The summed E-state index contributed by atoms with van der Waals surface area (Å²) in [5.74, 6) is 0.111. The van der Waals surface area contributed by atoms with Gasteiger partial charge in [-0.1, -0.05) is 17.4 Å². The van der Waals surface area contributed by atoms with Gasteiger partial charge in [0.15, 0.2) is 0 Å². The maximum Gasteiger partial charge on any atom is 0.212 e. The number of hydrogen-bond acceptors (Lipinski definition) is 6. The van der Waals surface area contributed by atoms with E-state index in [9.17, 15) is 4.39 Å². The standard InChI is InChI=1S/C14H11FN6S/c1-8(11-5-21-14(20-11)22-7-18-21)19-13-12-9(15)3-2-4-10(12)16-6-17-13/h2-8H,1H3,(H,16,17,19)/t8-/m1/s1. The van der Waals surface area contributed by atoms with Gasteiger partial charge in [0, 0.05) is 0 Å². The monoisotopic (exact) mass is 314 g/mol. The van der Waals surface area contributed by atoms with Crippen molar-refractivity contribution in [3.63, 3.8) is 0 Å². The summed E-state index contributed by atoms with van der Waals surface area (Å²) in [6.45, 7) is 1.95. The van der Waals surface area contributed by atoms with Crippen molar-refractivity contribution < 1.29 is 4.39 Å². The zero-order valence-electron chi connectivity index (χ0n) is 11.6. The largest absolute Gasteiger partial charge is 0.361 e. The highest BCUT2D eigenvalue weighted by molar-refractivity contribution is 7.14. The molecule has 22 heavy (non-hydrogen) atoms. The molecule has 1 N–H and O–H groups in total. The summed E-state index contributed by atoms with van der Waals surface area (Å²) in [6.07, 6.45) is 3.27. The number of nitrogens with zero attached hydrogens (tertiary/aromatic N) is 5. The van der Waals surface area contributed by atoms with Gasteiger partial charge < -0.3 is 5.32 Å². The van der Waals surface area contributed by atoms with E-state index < -0.39 is 0 Å². The second-order valence-corrected chi connectivity index (χ2v) is 5.67. The van der Waals surface area contributed by atoms with Gasteiger partial charge in [-0.2, -0.15) is 5.10 Å². The maximum atomic E-state index is 14.1. The van der Waals surface area contributed by atoms with Crippen LogP contribution in [-0.4, -0.2) is 24.6 Å². The molecule has 0 saturated carbocycles. The second-order valence-electron chi connectivity index (χ2n) is 4.85. The van der Waals surface area contributed by atoms with Crippen LogP contribution in [0, 0.1) is 5.82 Å². The Labute approximate surface area is 128 Å². The van der Waals surface area contributed by atoms with E-state index in [1.54, 1.807) is 22.2 Å². The number of aromatic nitrogens is 5. The molecule has 4 aromatic rings. The fourth-order valence-corrected chi connectivity index (χ4v) is 2.93. The van der Waals surface area contributed by atoms with Gasteiger partial charge in [0.2, 0.25) is 4.96 Å². The van der Waals surface area contributed by atoms with Gasteiger partial charge >= 0.3 is 0 Å². The van der Waals surface area contributed by atoms with Crippen molar-refractivity contribution in [1.29, 1.82) is 0 Å². The van der Waals surface area contributed by atoms with E-state index >= 15 is 0 Å². The van der Waals surface area contributed by atoms with Crippen LogP contribution in [0.1, 0.15) is 18.7 Å². The van der Waals surface area contributed by atoms with Gasteiger partial charge in [0.05, 0.1) is 28.8 Å². The number of benzene rings is 1. The zero-order chi connectivity index (χ0) is 15.1. The molecular weight excluding hydrogens is 303 g/mol. The van der Waals surface area contributed by atoms with Crippen molar-refractivity contribution in [3.8, 4) is 0 Å². The van der Waals surface area contributed by atoms with Crippen LogP contribution in [0.4, 0.5) is 10.2 Å². The van der Waals surface area contributed by atoms with E-state index in [2.05, 4.69) is 25.4 Å². The summed E-state index contributed by atoms with van der Waals surface area (Å²) in [5, 5.41) is 7.74. The fourth-order valence-electron chi connectivity index (χ4n) is 2.32. The van der Waals surface area contributed by atoms with Gasteiger partial charge in [-0.15, -0.1) is 0 Å². The topological polar surface area (TPSA) is 68.0 Å². The van der Waals surface area contributed by atoms with Crippen LogP contribution < -0.4 is 5.32 Å². The fraction of sp³-hybridized carbons (Fsp3) is 0.143. The molecular formula is C14H11FN6S. The molecule has 1 atom stereocenters. The third kappa shape index (κ3) is 2.08. The highest BCUT2D eigenvalue weighted by atomic mass is 32.1. The quantitative estimate of drug-likeness (QED) is 0.629. The average Bonchev–Trinajstić information content (AvgIpc) is 3.08. The summed E-state index contributed by atoms with van der Waals surface area (Å²) in [4.78, 5) is 13.6. The number of rotatable bonds is 3. The molecule has 4 rings (SSSR count). The number of fused-ring (bicyclic) bond motifs is 2. The highest BCUT2D eigenvalue weighted by Gasteiger charge is 2.15. The Bertz CT molecular complexity index is 928. The molecule has 0 radical (unpaired) electrons. The van der Waals surface area contributed by atoms with Crippen LogP contribution in [-0.2, 0) is 0 Å². The van der Waals surface area contributed by atoms with Crippen LogP contribution in [0.2, 0.25) is 0 Å². The van der Waals surface area contributed by atoms with Gasteiger partial charge in [0.1, 0.15) is 23.5 Å². The molecule has 0 aliphatic rings. The average molecular weight is 314 g/mol. The predicted molar refractivity (Wildman–Crippen MR) is 82.4 cm³/mol. The Morgan fingerprint density at radius 1 is 1.32 bits per heavy atom. The lowest BCUT2D eigenvalue weighted by molar-refractivity contribution is 0.639. The molecule has 0 aliphatic carbocycles. The molecule has 6 nitrogen and oxygen atoms in total. The molecule has 3 heterocycles. The van der Waals surface area contributed by atoms with E-state index in [4.69, 9.17) is 0 Å². The minimum absolute atomic E-state index is 0.133. The van der Waals surface area contributed by atoms with E-state index in [1.807, 2.05) is 13.1 Å².